The Morgan fingerprint density at radius 1 is 1.21 bits per heavy atom. The minimum absolute atomic E-state index is 0.0486. The lowest BCUT2D eigenvalue weighted by Gasteiger charge is -2.23. The van der Waals surface area contributed by atoms with E-state index in [2.05, 4.69) is 0 Å². The number of rotatable bonds is 6. The number of hydrogen-bond donors (Lipinski definition) is 0. The van der Waals surface area contributed by atoms with E-state index in [1.165, 1.54) is 17.5 Å². The van der Waals surface area contributed by atoms with E-state index in [4.69, 9.17) is 9.47 Å². The van der Waals surface area contributed by atoms with Gasteiger partial charge in [-0.15, -0.1) is 0 Å². The second kappa shape index (κ2) is 9.24. The van der Waals surface area contributed by atoms with Crippen LogP contribution in [-0.4, -0.2) is 70.0 Å². The van der Waals surface area contributed by atoms with Crippen LogP contribution in [0.2, 0.25) is 0 Å². The number of methoxy groups -OCH3 is 1. The fourth-order valence-electron chi connectivity index (χ4n) is 3.83. The normalized spacial score (nSPS) is 21.3. The Morgan fingerprint density at radius 3 is 2.54 bits per heavy atom. The zero-order valence-corrected chi connectivity index (χ0v) is 17.5. The highest BCUT2D eigenvalue weighted by atomic mass is 32.2. The Labute approximate surface area is 167 Å². The maximum absolute atomic E-state index is 13.2. The standard InChI is InChI=1S/C20H30N2O5S/c1-21(15-17-8-7-13-27-17)20(23)16-9-10-18(26-2)19(14-16)28(24,25)22-11-5-3-4-6-12-22/h9-10,14,17H,3-8,11-13,15H2,1-2H3. The summed E-state index contributed by atoms with van der Waals surface area (Å²) in [6, 6.07) is 4.64. The molecule has 2 fully saturated rings. The predicted octanol–water partition coefficient (Wildman–Crippen LogP) is 2.51. The summed E-state index contributed by atoms with van der Waals surface area (Å²) >= 11 is 0. The summed E-state index contributed by atoms with van der Waals surface area (Å²) in [6.45, 7) is 2.23. The molecule has 156 valence electrons. The number of likely N-dealkylation sites (N-methyl/N-ethyl adjacent to an activating group) is 1. The van der Waals surface area contributed by atoms with Gasteiger partial charge in [0.2, 0.25) is 10.0 Å². The molecule has 1 unspecified atom stereocenters. The van der Waals surface area contributed by atoms with Gasteiger partial charge in [0.1, 0.15) is 10.6 Å². The van der Waals surface area contributed by atoms with Crippen molar-refractivity contribution in [2.75, 3.05) is 40.4 Å². The average Bonchev–Trinajstić information content (AvgIpc) is 3.04. The zero-order chi connectivity index (χ0) is 20.1. The molecule has 1 aromatic carbocycles. The highest BCUT2D eigenvalue weighted by Gasteiger charge is 2.30. The van der Waals surface area contributed by atoms with Crippen molar-refractivity contribution >= 4 is 15.9 Å². The van der Waals surface area contributed by atoms with Crippen LogP contribution in [0.25, 0.3) is 0 Å². The third-order valence-electron chi connectivity index (χ3n) is 5.44. The maximum Gasteiger partial charge on any atom is 0.253 e. The SMILES string of the molecule is COc1ccc(C(=O)N(C)CC2CCCO2)cc1S(=O)(=O)N1CCCCCC1. The fraction of sp³-hybridized carbons (Fsp3) is 0.650. The fourth-order valence-corrected chi connectivity index (χ4v) is 5.53. The maximum atomic E-state index is 13.2. The molecule has 0 radical (unpaired) electrons. The first-order valence-corrected chi connectivity index (χ1v) is 11.4. The molecule has 2 aliphatic rings. The third kappa shape index (κ3) is 4.67. The molecule has 0 bridgehead atoms. The van der Waals surface area contributed by atoms with Crippen molar-refractivity contribution in [3.63, 3.8) is 0 Å². The number of ether oxygens (including phenoxy) is 2. The summed E-state index contributed by atoms with van der Waals surface area (Å²) in [5.74, 6) is 0.0491. The molecule has 0 N–H and O–H groups in total. The van der Waals surface area contributed by atoms with Crippen molar-refractivity contribution < 1.29 is 22.7 Å². The highest BCUT2D eigenvalue weighted by molar-refractivity contribution is 7.89. The van der Waals surface area contributed by atoms with E-state index < -0.39 is 10.0 Å². The Morgan fingerprint density at radius 2 is 1.93 bits per heavy atom. The molecule has 28 heavy (non-hydrogen) atoms. The van der Waals surface area contributed by atoms with Crippen LogP contribution in [-0.2, 0) is 14.8 Å². The van der Waals surface area contributed by atoms with Gasteiger partial charge >= 0.3 is 0 Å². The van der Waals surface area contributed by atoms with Crippen LogP contribution in [0.5, 0.6) is 5.75 Å². The molecule has 1 aromatic rings. The molecule has 0 spiro atoms. The Bertz CT molecular complexity index is 782. The molecule has 0 aromatic heterocycles. The number of benzene rings is 1. The molecular weight excluding hydrogens is 380 g/mol. The number of carbonyl (C=O) groups excluding carboxylic acids is 1. The lowest BCUT2D eigenvalue weighted by Crippen LogP contribution is -2.35. The largest absolute Gasteiger partial charge is 0.495 e. The van der Waals surface area contributed by atoms with E-state index in [1.54, 1.807) is 24.1 Å². The number of amides is 1. The first kappa shape index (κ1) is 21.1. The van der Waals surface area contributed by atoms with Gasteiger partial charge in [-0.1, -0.05) is 12.8 Å². The Balaban J connectivity index is 1.85. The van der Waals surface area contributed by atoms with Crippen molar-refractivity contribution in [2.24, 2.45) is 0 Å². The molecule has 2 saturated heterocycles. The van der Waals surface area contributed by atoms with Gasteiger partial charge in [0.25, 0.3) is 5.91 Å². The predicted molar refractivity (Wildman–Crippen MR) is 106 cm³/mol. The monoisotopic (exact) mass is 410 g/mol. The molecule has 2 heterocycles. The van der Waals surface area contributed by atoms with Gasteiger partial charge in [-0.25, -0.2) is 8.42 Å². The minimum atomic E-state index is -3.72. The van der Waals surface area contributed by atoms with Gasteiger partial charge in [0.15, 0.2) is 0 Å². The minimum Gasteiger partial charge on any atom is -0.495 e. The summed E-state index contributed by atoms with van der Waals surface area (Å²) in [7, 11) is -0.554. The first-order chi connectivity index (χ1) is 13.4. The van der Waals surface area contributed by atoms with Gasteiger partial charge in [0, 0.05) is 38.9 Å². The van der Waals surface area contributed by atoms with E-state index in [9.17, 15) is 13.2 Å². The van der Waals surface area contributed by atoms with Crippen molar-refractivity contribution in [3.05, 3.63) is 23.8 Å². The van der Waals surface area contributed by atoms with Crippen LogP contribution in [0.1, 0.15) is 48.9 Å². The summed E-state index contributed by atoms with van der Waals surface area (Å²) < 4.78 is 38.9. The highest BCUT2D eigenvalue weighted by Crippen LogP contribution is 2.30. The topological polar surface area (TPSA) is 76.1 Å². The average molecular weight is 411 g/mol. The summed E-state index contributed by atoms with van der Waals surface area (Å²) in [6.07, 6.45) is 5.77. The van der Waals surface area contributed by atoms with E-state index in [-0.39, 0.29) is 22.7 Å². The Hall–Kier alpha value is -1.64. The second-order valence-electron chi connectivity index (χ2n) is 7.50. The van der Waals surface area contributed by atoms with Crippen molar-refractivity contribution in [1.82, 2.24) is 9.21 Å². The number of nitrogens with zero attached hydrogens (tertiary/aromatic N) is 2. The van der Waals surface area contributed by atoms with E-state index in [0.717, 1.165) is 45.1 Å². The van der Waals surface area contributed by atoms with Gasteiger partial charge in [-0.05, 0) is 43.9 Å². The summed E-state index contributed by atoms with van der Waals surface area (Å²) in [5.41, 5.74) is 0.342. The molecule has 2 aliphatic heterocycles. The summed E-state index contributed by atoms with van der Waals surface area (Å²) in [5, 5.41) is 0. The first-order valence-electron chi connectivity index (χ1n) is 9.98. The second-order valence-corrected chi connectivity index (χ2v) is 9.41. The van der Waals surface area contributed by atoms with Gasteiger partial charge in [-0.3, -0.25) is 4.79 Å². The number of hydrogen-bond acceptors (Lipinski definition) is 5. The van der Waals surface area contributed by atoms with Crippen LogP contribution >= 0.6 is 0 Å². The van der Waals surface area contributed by atoms with Crippen LogP contribution in [0.4, 0.5) is 0 Å². The molecular formula is C20H30N2O5S. The van der Waals surface area contributed by atoms with E-state index >= 15 is 0 Å². The Kier molecular flexibility index (Phi) is 6.95. The number of carbonyl (C=O) groups is 1. The lowest BCUT2D eigenvalue weighted by atomic mass is 10.1. The van der Waals surface area contributed by atoms with Crippen molar-refractivity contribution in [2.45, 2.75) is 49.5 Å². The zero-order valence-electron chi connectivity index (χ0n) is 16.7. The van der Waals surface area contributed by atoms with Gasteiger partial charge in [0.05, 0.1) is 13.2 Å². The van der Waals surface area contributed by atoms with E-state index in [1.807, 2.05) is 0 Å². The molecule has 3 rings (SSSR count). The van der Waals surface area contributed by atoms with Crippen LogP contribution in [0, 0.1) is 0 Å². The number of sulfonamides is 1. The third-order valence-corrected chi connectivity index (χ3v) is 7.36. The van der Waals surface area contributed by atoms with Crippen molar-refractivity contribution in [1.29, 1.82) is 0 Å². The molecule has 1 amide bonds. The van der Waals surface area contributed by atoms with Crippen LogP contribution in [0.3, 0.4) is 0 Å². The van der Waals surface area contributed by atoms with Crippen LogP contribution < -0.4 is 4.74 Å². The molecule has 0 saturated carbocycles. The molecule has 7 nitrogen and oxygen atoms in total. The quantitative estimate of drug-likeness (QED) is 0.720. The molecule has 0 aliphatic carbocycles. The van der Waals surface area contributed by atoms with Gasteiger partial charge in [-0.2, -0.15) is 4.31 Å². The summed E-state index contributed by atoms with van der Waals surface area (Å²) in [4.78, 5) is 14.5. The van der Waals surface area contributed by atoms with Crippen LogP contribution in [0.15, 0.2) is 23.1 Å². The smallest absolute Gasteiger partial charge is 0.253 e. The molecule has 8 heteroatoms. The van der Waals surface area contributed by atoms with Gasteiger partial charge < -0.3 is 14.4 Å². The lowest BCUT2D eigenvalue weighted by molar-refractivity contribution is 0.0587. The van der Waals surface area contributed by atoms with E-state index in [0.29, 0.717) is 25.2 Å². The molecule has 1 atom stereocenters. The van der Waals surface area contributed by atoms with Crippen molar-refractivity contribution in [3.8, 4) is 5.75 Å².